The molecule has 128 valence electrons. The highest BCUT2D eigenvalue weighted by molar-refractivity contribution is 9.10. The first kappa shape index (κ1) is 18.2. The Morgan fingerprint density at radius 3 is 2.54 bits per heavy atom. The number of hydrogen-bond acceptors (Lipinski definition) is 4. The molecule has 0 spiro atoms. The summed E-state index contributed by atoms with van der Waals surface area (Å²) in [6.45, 7) is 0. The molecule has 0 aliphatic rings. The number of hydrogen-bond donors (Lipinski definition) is 2. The van der Waals surface area contributed by atoms with Gasteiger partial charge < -0.3 is 10.1 Å². The van der Waals surface area contributed by atoms with E-state index in [0.29, 0.717) is 15.8 Å². The van der Waals surface area contributed by atoms with E-state index >= 15 is 0 Å². The first-order valence-electron chi connectivity index (χ1n) is 6.62. The summed E-state index contributed by atoms with van der Waals surface area (Å²) < 4.78 is 43.8. The van der Waals surface area contributed by atoms with Gasteiger partial charge in [-0.3, -0.25) is 9.52 Å². The standard InChI is InChI=1S/C15H14BrFN2O4S/c1-23-10-4-5-12(16)11(8-10)15(20)18-9-3-6-13(17)14(7-9)19-24(2,21)22/h3-8,19H,1-2H3,(H,18,20). The van der Waals surface area contributed by atoms with Gasteiger partial charge in [-0.25, -0.2) is 12.8 Å². The number of ether oxygens (including phenoxy) is 1. The number of amides is 1. The molecule has 0 bridgehead atoms. The molecule has 0 saturated heterocycles. The van der Waals surface area contributed by atoms with Crippen LogP contribution in [0.5, 0.6) is 5.75 Å². The fraction of sp³-hybridized carbons (Fsp3) is 0.133. The largest absolute Gasteiger partial charge is 0.497 e. The SMILES string of the molecule is COc1ccc(Br)c(C(=O)Nc2ccc(F)c(NS(C)(=O)=O)c2)c1. The molecule has 0 aromatic heterocycles. The van der Waals surface area contributed by atoms with Gasteiger partial charge in [-0.1, -0.05) is 0 Å². The lowest BCUT2D eigenvalue weighted by Crippen LogP contribution is -2.14. The van der Waals surface area contributed by atoms with Crippen LogP contribution < -0.4 is 14.8 Å². The van der Waals surface area contributed by atoms with Gasteiger partial charge in [0.05, 0.1) is 24.6 Å². The van der Waals surface area contributed by atoms with E-state index in [4.69, 9.17) is 4.74 Å². The van der Waals surface area contributed by atoms with Gasteiger partial charge in [-0.2, -0.15) is 0 Å². The lowest BCUT2D eigenvalue weighted by Gasteiger charge is -2.11. The molecule has 0 fully saturated rings. The second-order valence-electron chi connectivity index (χ2n) is 4.87. The maximum absolute atomic E-state index is 13.7. The molecule has 2 aromatic rings. The summed E-state index contributed by atoms with van der Waals surface area (Å²) in [5.74, 6) is -0.708. The molecule has 2 rings (SSSR count). The predicted octanol–water partition coefficient (Wildman–Crippen LogP) is 3.22. The van der Waals surface area contributed by atoms with E-state index in [1.54, 1.807) is 18.2 Å². The van der Waals surface area contributed by atoms with Crippen LogP contribution in [0.15, 0.2) is 40.9 Å². The smallest absolute Gasteiger partial charge is 0.256 e. The first-order valence-corrected chi connectivity index (χ1v) is 9.30. The zero-order valence-electron chi connectivity index (χ0n) is 12.8. The normalized spacial score (nSPS) is 11.0. The van der Waals surface area contributed by atoms with Crippen molar-refractivity contribution in [1.82, 2.24) is 0 Å². The molecule has 0 saturated carbocycles. The number of rotatable bonds is 5. The number of nitrogens with one attached hydrogen (secondary N) is 2. The van der Waals surface area contributed by atoms with E-state index < -0.39 is 21.7 Å². The third kappa shape index (κ3) is 4.68. The van der Waals surface area contributed by atoms with Crippen LogP contribution in [0.1, 0.15) is 10.4 Å². The van der Waals surface area contributed by atoms with Crippen molar-refractivity contribution in [2.45, 2.75) is 0 Å². The number of anilines is 2. The number of sulfonamides is 1. The lowest BCUT2D eigenvalue weighted by molar-refractivity contribution is 0.102. The Kier molecular flexibility index (Phi) is 5.45. The summed E-state index contributed by atoms with van der Waals surface area (Å²) in [4.78, 5) is 12.4. The zero-order valence-corrected chi connectivity index (χ0v) is 15.2. The summed E-state index contributed by atoms with van der Waals surface area (Å²) >= 11 is 3.27. The van der Waals surface area contributed by atoms with Gasteiger partial charge in [0.2, 0.25) is 10.0 Å². The highest BCUT2D eigenvalue weighted by Crippen LogP contribution is 2.25. The van der Waals surface area contributed by atoms with Gasteiger partial charge in [0, 0.05) is 10.2 Å². The molecule has 0 atom stereocenters. The molecule has 24 heavy (non-hydrogen) atoms. The fourth-order valence-corrected chi connectivity index (χ4v) is 2.87. The van der Waals surface area contributed by atoms with Crippen molar-refractivity contribution in [3.8, 4) is 5.75 Å². The predicted molar refractivity (Wildman–Crippen MR) is 93.5 cm³/mol. The fourth-order valence-electron chi connectivity index (χ4n) is 1.88. The average molecular weight is 417 g/mol. The molecule has 0 heterocycles. The van der Waals surface area contributed by atoms with Gasteiger partial charge in [0.25, 0.3) is 5.91 Å². The molecule has 9 heteroatoms. The Labute approximate surface area is 147 Å². The summed E-state index contributed by atoms with van der Waals surface area (Å²) in [5, 5.41) is 2.58. The molecule has 0 unspecified atom stereocenters. The van der Waals surface area contributed by atoms with E-state index in [9.17, 15) is 17.6 Å². The van der Waals surface area contributed by atoms with E-state index in [0.717, 1.165) is 12.3 Å². The summed E-state index contributed by atoms with van der Waals surface area (Å²) in [6, 6.07) is 8.47. The minimum atomic E-state index is -3.64. The average Bonchev–Trinajstić information content (AvgIpc) is 2.49. The number of methoxy groups -OCH3 is 1. The monoisotopic (exact) mass is 416 g/mol. The van der Waals surface area contributed by atoms with Crippen LogP contribution >= 0.6 is 15.9 Å². The quantitative estimate of drug-likeness (QED) is 0.783. The molecule has 2 aromatic carbocycles. The highest BCUT2D eigenvalue weighted by atomic mass is 79.9. The van der Waals surface area contributed by atoms with Gasteiger partial charge in [0.15, 0.2) is 0 Å². The molecule has 6 nitrogen and oxygen atoms in total. The topological polar surface area (TPSA) is 84.5 Å². The number of halogens is 2. The summed E-state index contributed by atoms with van der Waals surface area (Å²) in [7, 11) is -2.16. The van der Waals surface area contributed by atoms with Crippen molar-refractivity contribution >= 4 is 43.2 Å². The third-order valence-corrected chi connectivity index (χ3v) is 4.22. The van der Waals surface area contributed by atoms with Crippen LogP contribution in [0.4, 0.5) is 15.8 Å². The van der Waals surface area contributed by atoms with Gasteiger partial charge in [0.1, 0.15) is 11.6 Å². The molecule has 2 N–H and O–H groups in total. The Bertz CT molecular complexity index is 887. The second-order valence-corrected chi connectivity index (χ2v) is 7.47. The maximum Gasteiger partial charge on any atom is 0.256 e. The molecular weight excluding hydrogens is 403 g/mol. The van der Waals surface area contributed by atoms with E-state index in [2.05, 4.69) is 21.2 Å². The van der Waals surface area contributed by atoms with Gasteiger partial charge in [-0.05, 0) is 52.3 Å². The first-order chi connectivity index (χ1) is 11.2. The summed E-state index contributed by atoms with van der Waals surface area (Å²) in [6.07, 6.45) is 0.908. The van der Waals surface area contributed by atoms with Crippen molar-refractivity contribution in [2.75, 3.05) is 23.4 Å². The third-order valence-electron chi connectivity index (χ3n) is 2.94. The maximum atomic E-state index is 13.7. The summed E-state index contributed by atoms with van der Waals surface area (Å²) in [5.41, 5.74) is 0.304. The van der Waals surface area contributed by atoms with Crippen LogP contribution in [-0.4, -0.2) is 27.7 Å². The molecule has 1 amide bonds. The zero-order chi connectivity index (χ0) is 17.9. The van der Waals surface area contributed by atoms with E-state index in [1.807, 2.05) is 4.72 Å². The van der Waals surface area contributed by atoms with Crippen LogP contribution in [0.3, 0.4) is 0 Å². The van der Waals surface area contributed by atoms with E-state index in [1.165, 1.54) is 19.2 Å². The Balaban J connectivity index is 2.28. The molecule has 0 aliphatic carbocycles. The second kappa shape index (κ2) is 7.18. The van der Waals surface area contributed by atoms with Crippen molar-refractivity contribution in [3.63, 3.8) is 0 Å². The lowest BCUT2D eigenvalue weighted by atomic mass is 10.2. The number of carbonyl (C=O) groups is 1. The number of carbonyl (C=O) groups excluding carboxylic acids is 1. The van der Waals surface area contributed by atoms with Crippen LogP contribution in [0.25, 0.3) is 0 Å². The van der Waals surface area contributed by atoms with Crippen LogP contribution in [-0.2, 0) is 10.0 Å². The highest BCUT2D eigenvalue weighted by Gasteiger charge is 2.14. The Morgan fingerprint density at radius 2 is 1.92 bits per heavy atom. The van der Waals surface area contributed by atoms with Crippen LogP contribution in [0.2, 0.25) is 0 Å². The van der Waals surface area contributed by atoms with Crippen molar-refractivity contribution in [3.05, 3.63) is 52.3 Å². The molecule has 0 aliphatic heterocycles. The van der Waals surface area contributed by atoms with Crippen molar-refractivity contribution < 1.29 is 22.3 Å². The molecular formula is C15H14BrFN2O4S. The number of benzene rings is 2. The Hall–Kier alpha value is -2.13. The van der Waals surface area contributed by atoms with Gasteiger partial charge in [-0.15, -0.1) is 0 Å². The van der Waals surface area contributed by atoms with E-state index in [-0.39, 0.29) is 11.4 Å². The van der Waals surface area contributed by atoms with Crippen molar-refractivity contribution in [2.24, 2.45) is 0 Å². The minimum Gasteiger partial charge on any atom is -0.497 e. The molecule has 0 radical (unpaired) electrons. The van der Waals surface area contributed by atoms with Gasteiger partial charge >= 0.3 is 0 Å². The van der Waals surface area contributed by atoms with Crippen LogP contribution in [0, 0.1) is 5.82 Å². The minimum absolute atomic E-state index is 0.238. The Morgan fingerprint density at radius 1 is 1.21 bits per heavy atom. The van der Waals surface area contributed by atoms with Crippen molar-refractivity contribution in [1.29, 1.82) is 0 Å².